The average Bonchev–Trinajstić information content (AvgIpc) is 2.34. The number of benzene rings is 1. The van der Waals surface area contributed by atoms with Crippen LogP contribution < -0.4 is 9.47 Å². The lowest BCUT2D eigenvalue weighted by Crippen LogP contribution is -2.42. The second-order valence-electron chi connectivity index (χ2n) is 5.39. The lowest BCUT2D eigenvalue weighted by Gasteiger charge is -2.38. The maximum atomic E-state index is 13.8. The van der Waals surface area contributed by atoms with Crippen LogP contribution in [0.25, 0.3) is 0 Å². The van der Waals surface area contributed by atoms with Crippen molar-refractivity contribution in [2.24, 2.45) is 0 Å². The number of ether oxygens (including phenoxy) is 2. The Morgan fingerprint density at radius 2 is 1.90 bits per heavy atom. The zero-order chi connectivity index (χ0) is 15.8. The minimum Gasteiger partial charge on any atom is -0.493 e. The summed E-state index contributed by atoms with van der Waals surface area (Å²) in [6, 6.07) is 2.72. The van der Waals surface area contributed by atoms with Crippen LogP contribution in [0, 0.1) is 0 Å². The van der Waals surface area contributed by atoms with E-state index < -0.39 is 17.3 Å². The van der Waals surface area contributed by atoms with Gasteiger partial charge in [-0.2, -0.15) is 0 Å². The largest absolute Gasteiger partial charge is 0.493 e. The van der Waals surface area contributed by atoms with Crippen molar-refractivity contribution < 1.29 is 28.2 Å². The molecule has 0 atom stereocenters. The van der Waals surface area contributed by atoms with E-state index >= 15 is 0 Å². The minimum absolute atomic E-state index is 0.0615. The van der Waals surface area contributed by atoms with Gasteiger partial charge in [0.1, 0.15) is 0 Å². The summed E-state index contributed by atoms with van der Waals surface area (Å²) in [5, 5.41) is 9.46. The molecule has 1 aliphatic rings. The predicted octanol–water partition coefficient (Wildman–Crippen LogP) is 3.32. The third kappa shape index (κ3) is 2.43. The predicted molar refractivity (Wildman–Crippen MR) is 72.3 cm³/mol. The van der Waals surface area contributed by atoms with E-state index in [9.17, 15) is 18.7 Å². The first kappa shape index (κ1) is 15.5. The fourth-order valence-corrected chi connectivity index (χ4v) is 2.72. The summed E-state index contributed by atoms with van der Waals surface area (Å²) in [7, 11) is 2.62. The Balaban J connectivity index is 2.67. The molecule has 0 heterocycles. The molecule has 6 heteroatoms. The van der Waals surface area contributed by atoms with Crippen molar-refractivity contribution in [3.05, 3.63) is 23.3 Å². The maximum Gasteiger partial charge on any atom is 0.314 e. The molecule has 1 fully saturated rings. The van der Waals surface area contributed by atoms with Crippen molar-refractivity contribution in [2.45, 2.75) is 37.5 Å². The molecule has 1 saturated carbocycles. The lowest BCUT2D eigenvalue weighted by molar-refractivity contribution is -0.147. The Kier molecular flexibility index (Phi) is 3.82. The van der Waals surface area contributed by atoms with E-state index in [2.05, 4.69) is 0 Å². The van der Waals surface area contributed by atoms with Gasteiger partial charge in [-0.15, -0.1) is 0 Å². The van der Waals surface area contributed by atoms with Crippen LogP contribution >= 0.6 is 0 Å². The molecule has 1 aromatic carbocycles. The Labute approximate surface area is 121 Å². The van der Waals surface area contributed by atoms with Crippen LogP contribution in [0.1, 0.15) is 37.3 Å². The van der Waals surface area contributed by atoms with E-state index in [1.807, 2.05) is 0 Å². The first-order valence-electron chi connectivity index (χ1n) is 6.64. The molecule has 1 N–H and O–H groups in total. The molecule has 1 aliphatic carbocycles. The van der Waals surface area contributed by atoms with Crippen molar-refractivity contribution in [3.63, 3.8) is 0 Å². The number of hydrogen-bond donors (Lipinski definition) is 1. The summed E-state index contributed by atoms with van der Waals surface area (Å²) in [6.45, 7) is 0.752. The van der Waals surface area contributed by atoms with Crippen LogP contribution in [0.5, 0.6) is 11.5 Å². The van der Waals surface area contributed by atoms with Gasteiger partial charge < -0.3 is 14.6 Å². The molecule has 21 heavy (non-hydrogen) atoms. The first-order valence-corrected chi connectivity index (χ1v) is 6.64. The van der Waals surface area contributed by atoms with Crippen LogP contribution in [0.15, 0.2) is 12.1 Å². The van der Waals surface area contributed by atoms with Crippen LogP contribution in [-0.4, -0.2) is 25.3 Å². The van der Waals surface area contributed by atoms with Gasteiger partial charge in [0.15, 0.2) is 11.5 Å². The second kappa shape index (κ2) is 5.16. The monoisotopic (exact) mass is 300 g/mol. The molecule has 0 aliphatic heterocycles. The lowest BCUT2D eigenvalue weighted by atomic mass is 9.64. The van der Waals surface area contributed by atoms with Crippen molar-refractivity contribution in [2.75, 3.05) is 14.2 Å². The topological polar surface area (TPSA) is 55.8 Å². The van der Waals surface area contributed by atoms with Gasteiger partial charge in [0.05, 0.1) is 25.2 Å². The quantitative estimate of drug-likeness (QED) is 0.906. The Hall–Kier alpha value is -1.85. The third-order valence-electron chi connectivity index (χ3n) is 4.12. The zero-order valence-electron chi connectivity index (χ0n) is 12.2. The number of rotatable bonds is 5. The summed E-state index contributed by atoms with van der Waals surface area (Å²) < 4.78 is 37.8. The molecule has 0 unspecified atom stereocenters. The number of hydrogen-bond acceptors (Lipinski definition) is 3. The molecule has 0 radical (unpaired) electrons. The molecule has 0 spiro atoms. The average molecular weight is 300 g/mol. The smallest absolute Gasteiger partial charge is 0.314 e. The molecular weight excluding hydrogens is 282 g/mol. The number of halogens is 2. The number of carboxylic acid groups (broad SMARTS) is 1. The van der Waals surface area contributed by atoms with Gasteiger partial charge in [-0.25, -0.2) is 8.78 Å². The van der Waals surface area contributed by atoms with E-state index in [1.54, 1.807) is 0 Å². The molecule has 4 nitrogen and oxygen atoms in total. The van der Waals surface area contributed by atoms with Gasteiger partial charge in [-0.1, -0.05) is 6.42 Å². The number of aliphatic carboxylic acids is 1. The number of methoxy groups -OCH3 is 2. The SMILES string of the molecule is COc1cc(C2(C(=O)O)CCC2)cc(C(C)(F)F)c1OC. The van der Waals surface area contributed by atoms with Gasteiger partial charge in [-0.05, 0) is 30.5 Å². The number of alkyl halides is 2. The maximum absolute atomic E-state index is 13.8. The molecule has 0 bridgehead atoms. The molecule has 0 amide bonds. The van der Waals surface area contributed by atoms with Crippen molar-refractivity contribution in [3.8, 4) is 11.5 Å². The molecule has 116 valence electrons. The van der Waals surface area contributed by atoms with Crippen molar-refractivity contribution in [1.82, 2.24) is 0 Å². The van der Waals surface area contributed by atoms with E-state index in [0.717, 1.165) is 13.3 Å². The zero-order valence-corrected chi connectivity index (χ0v) is 12.2. The first-order chi connectivity index (χ1) is 9.76. The summed E-state index contributed by atoms with van der Waals surface area (Å²) in [4.78, 5) is 11.6. The fourth-order valence-electron chi connectivity index (χ4n) is 2.72. The molecule has 0 aromatic heterocycles. The third-order valence-corrected chi connectivity index (χ3v) is 4.12. The summed E-state index contributed by atoms with van der Waals surface area (Å²) in [5.41, 5.74) is -1.11. The minimum atomic E-state index is -3.15. The van der Waals surface area contributed by atoms with Gasteiger partial charge in [-0.3, -0.25) is 4.79 Å². The van der Waals surface area contributed by atoms with Gasteiger partial charge in [0.2, 0.25) is 0 Å². The highest BCUT2D eigenvalue weighted by Gasteiger charge is 2.47. The van der Waals surface area contributed by atoms with Gasteiger partial charge >= 0.3 is 5.97 Å². The van der Waals surface area contributed by atoms with E-state index in [-0.39, 0.29) is 17.1 Å². The number of carbonyl (C=O) groups is 1. The van der Waals surface area contributed by atoms with Gasteiger partial charge in [0, 0.05) is 6.92 Å². The molecular formula is C15H18F2O4. The van der Waals surface area contributed by atoms with Crippen LogP contribution in [-0.2, 0) is 16.1 Å². The Morgan fingerprint density at radius 1 is 1.29 bits per heavy atom. The molecule has 1 aromatic rings. The van der Waals surface area contributed by atoms with Crippen molar-refractivity contribution in [1.29, 1.82) is 0 Å². The van der Waals surface area contributed by atoms with Crippen molar-refractivity contribution >= 4 is 5.97 Å². The van der Waals surface area contributed by atoms with Gasteiger partial charge in [0.25, 0.3) is 5.92 Å². The second-order valence-corrected chi connectivity index (χ2v) is 5.39. The molecule has 0 saturated heterocycles. The standard InChI is InChI=1S/C15H18F2O4/c1-14(16,17)10-7-9(8-11(20-2)12(10)21-3)15(13(18)19)5-4-6-15/h7-8H,4-6H2,1-3H3,(H,18,19). The summed E-state index contributed by atoms with van der Waals surface area (Å²) in [6.07, 6.45) is 1.64. The summed E-state index contributed by atoms with van der Waals surface area (Å²) in [5.74, 6) is -4.09. The van der Waals surface area contributed by atoms with E-state index in [0.29, 0.717) is 18.4 Å². The highest BCUT2D eigenvalue weighted by atomic mass is 19.3. The van der Waals surface area contributed by atoms with Crippen LogP contribution in [0.4, 0.5) is 8.78 Å². The summed E-state index contributed by atoms with van der Waals surface area (Å²) >= 11 is 0. The highest BCUT2D eigenvalue weighted by Crippen LogP contribution is 2.49. The van der Waals surface area contributed by atoms with E-state index in [1.165, 1.54) is 26.4 Å². The Morgan fingerprint density at radius 3 is 2.24 bits per heavy atom. The normalized spacial score (nSPS) is 17.0. The fraction of sp³-hybridized carbons (Fsp3) is 0.533. The van der Waals surface area contributed by atoms with Crippen LogP contribution in [0.2, 0.25) is 0 Å². The van der Waals surface area contributed by atoms with E-state index in [4.69, 9.17) is 9.47 Å². The highest BCUT2D eigenvalue weighted by molar-refractivity contribution is 5.83. The molecule has 2 rings (SSSR count). The Bertz CT molecular complexity index is 560. The van der Waals surface area contributed by atoms with Crippen LogP contribution in [0.3, 0.4) is 0 Å². The number of carboxylic acids is 1.